The van der Waals surface area contributed by atoms with Crippen molar-refractivity contribution in [2.24, 2.45) is 0 Å². The highest BCUT2D eigenvalue weighted by molar-refractivity contribution is 7.09. The van der Waals surface area contributed by atoms with E-state index in [-0.39, 0.29) is 5.56 Å². The lowest BCUT2D eigenvalue weighted by molar-refractivity contribution is 0.0693. The molecule has 2 heterocycles. The number of benzene rings is 2. The van der Waals surface area contributed by atoms with Crippen molar-refractivity contribution in [1.29, 1.82) is 0 Å². The molecule has 0 aliphatic carbocycles. The molecule has 0 aliphatic rings. The van der Waals surface area contributed by atoms with Gasteiger partial charge in [0, 0.05) is 22.7 Å². The standard InChI is InChI=1S/C20H19NO6S.C3H3NS/c1-24-15-6-5-11(7-13(15)20(22)23)14-10-18(28-21-14)12-8-16(25-2)19(27-4)17(9-12)26-3;1-2-4-5-3-1/h5-10H,1-4H3,(H,22,23);1-3H. The summed E-state index contributed by atoms with van der Waals surface area (Å²) in [6.07, 6.45) is 1.77. The minimum absolute atomic E-state index is 0.0855. The quantitative estimate of drug-likeness (QED) is 0.373. The summed E-state index contributed by atoms with van der Waals surface area (Å²) >= 11 is 2.76. The first-order chi connectivity index (χ1) is 16.0. The average molecular weight is 487 g/mol. The van der Waals surface area contributed by atoms with E-state index in [1.54, 1.807) is 45.7 Å². The van der Waals surface area contributed by atoms with Crippen molar-refractivity contribution in [3.8, 4) is 44.7 Å². The largest absolute Gasteiger partial charge is 0.496 e. The zero-order valence-electron chi connectivity index (χ0n) is 18.4. The third-order valence-corrected chi connectivity index (χ3v) is 5.89. The van der Waals surface area contributed by atoms with Gasteiger partial charge in [0.05, 0.1) is 39.0 Å². The summed E-state index contributed by atoms with van der Waals surface area (Å²) in [6.45, 7) is 0. The number of aromatic nitrogens is 2. The van der Waals surface area contributed by atoms with Crippen LogP contribution in [-0.2, 0) is 0 Å². The molecule has 0 spiro atoms. The van der Waals surface area contributed by atoms with Gasteiger partial charge in [-0.2, -0.15) is 4.37 Å². The van der Waals surface area contributed by atoms with Crippen LogP contribution in [0.1, 0.15) is 10.4 Å². The molecule has 0 radical (unpaired) electrons. The lowest BCUT2D eigenvalue weighted by Gasteiger charge is -2.13. The minimum atomic E-state index is -1.06. The summed E-state index contributed by atoms with van der Waals surface area (Å²) in [7, 11) is 6.11. The lowest BCUT2D eigenvalue weighted by Crippen LogP contribution is -2.00. The van der Waals surface area contributed by atoms with Crippen LogP contribution in [0.4, 0.5) is 0 Å². The summed E-state index contributed by atoms with van der Waals surface area (Å²) in [5, 5.41) is 11.3. The second kappa shape index (κ2) is 11.3. The van der Waals surface area contributed by atoms with Crippen LogP contribution in [0.3, 0.4) is 0 Å². The van der Waals surface area contributed by atoms with Crippen LogP contribution in [0.5, 0.6) is 23.0 Å². The third-order valence-electron chi connectivity index (χ3n) is 4.53. The second-order valence-corrected chi connectivity index (χ2v) is 7.90. The van der Waals surface area contributed by atoms with Gasteiger partial charge < -0.3 is 24.1 Å². The van der Waals surface area contributed by atoms with E-state index in [1.165, 1.54) is 30.2 Å². The van der Waals surface area contributed by atoms with Gasteiger partial charge in [0.1, 0.15) is 11.3 Å². The molecule has 0 bridgehead atoms. The Kier molecular flexibility index (Phi) is 8.22. The predicted molar refractivity (Wildman–Crippen MR) is 128 cm³/mol. The van der Waals surface area contributed by atoms with Crippen molar-refractivity contribution in [3.63, 3.8) is 0 Å². The number of carboxylic acid groups (broad SMARTS) is 1. The van der Waals surface area contributed by atoms with E-state index in [1.807, 2.05) is 29.6 Å². The molecule has 10 heteroatoms. The number of ether oxygens (including phenoxy) is 4. The molecule has 0 saturated heterocycles. The fourth-order valence-corrected chi connectivity index (χ4v) is 4.07. The molecule has 0 amide bonds. The highest BCUT2D eigenvalue weighted by Gasteiger charge is 2.17. The monoisotopic (exact) mass is 486 g/mol. The molecule has 4 aromatic rings. The molecule has 8 nitrogen and oxygen atoms in total. The molecule has 33 heavy (non-hydrogen) atoms. The number of hydrogen-bond acceptors (Lipinski definition) is 9. The maximum atomic E-state index is 11.5. The van der Waals surface area contributed by atoms with E-state index >= 15 is 0 Å². The van der Waals surface area contributed by atoms with Crippen molar-refractivity contribution < 1.29 is 28.8 Å². The molecule has 172 valence electrons. The summed E-state index contributed by atoms with van der Waals surface area (Å²) in [6, 6.07) is 12.4. The van der Waals surface area contributed by atoms with E-state index < -0.39 is 5.97 Å². The Morgan fingerprint density at radius 3 is 2.06 bits per heavy atom. The van der Waals surface area contributed by atoms with Crippen molar-refractivity contribution >= 4 is 29.0 Å². The van der Waals surface area contributed by atoms with Crippen LogP contribution >= 0.6 is 23.1 Å². The van der Waals surface area contributed by atoms with Gasteiger partial charge in [-0.05, 0) is 65.5 Å². The number of carbonyl (C=O) groups is 1. The molecule has 1 N–H and O–H groups in total. The Balaban J connectivity index is 0.000000541. The average Bonchev–Trinajstić information content (AvgIpc) is 3.58. The van der Waals surface area contributed by atoms with Crippen molar-refractivity contribution in [2.75, 3.05) is 28.4 Å². The van der Waals surface area contributed by atoms with E-state index in [0.717, 1.165) is 10.4 Å². The highest BCUT2D eigenvalue weighted by Crippen LogP contribution is 2.42. The van der Waals surface area contributed by atoms with Crippen LogP contribution in [0.2, 0.25) is 0 Å². The fraction of sp³-hybridized carbons (Fsp3) is 0.174. The summed E-state index contributed by atoms with van der Waals surface area (Å²) in [5.41, 5.74) is 2.29. The van der Waals surface area contributed by atoms with Gasteiger partial charge in [0.25, 0.3) is 0 Å². The van der Waals surface area contributed by atoms with Gasteiger partial charge in [-0.25, -0.2) is 9.17 Å². The van der Waals surface area contributed by atoms with E-state index in [4.69, 9.17) is 18.9 Å². The zero-order valence-corrected chi connectivity index (χ0v) is 20.0. The van der Waals surface area contributed by atoms with Crippen LogP contribution in [-0.4, -0.2) is 48.3 Å². The summed E-state index contributed by atoms with van der Waals surface area (Å²) in [5.74, 6) is 0.851. The first-order valence-corrected chi connectivity index (χ1v) is 11.2. The normalized spacial score (nSPS) is 10.1. The summed E-state index contributed by atoms with van der Waals surface area (Å²) < 4.78 is 29.5. The van der Waals surface area contributed by atoms with Crippen LogP contribution in [0.25, 0.3) is 21.7 Å². The molecule has 0 fully saturated rings. The van der Waals surface area contributed by atoms with Gasteiger partial charge >= 0.3 is 5.97 Å². The first kappa shape index (κ1) is 24.0. The molecular weight excluding hydrogens is 464 g/mol. The molecule has 0 aliphatic heterocycles. The zero-order chi connectivity index (χ0) is 23.8. The van der Waals surface area contributed by atoms with Crippen molar-refractivity contribution in [1.82, 2.24) is 8.75 Å². The van der Waals surface area contributed by atoms with Gasteiger partial charge in [-0.1, -0.05) is 0 Å². The second-order valence-electron chi connectivity index (χ2n) is 6.40. The molecule has 0 saturated carbocycles. The van der Waals surface area contributed by atoms with E-state index in [2.05, 4.69) is 8.75 Å². The summed E-state index contributed by atoms with van der Waals surface area (Å²) in [4.78, 5) is 12.3. The van der Waals surface area contributed by atoms with Crippen LogP contribution in [0, 0.1) is 0 Å². The van der Waals surface area contributed by atoms with Crippen LogP contribution in [0.15, 0.2) is 54.0 Å². The molecule has 2 aromatic heterocycles. The first-order valence-electron chi connectivity index (χ1n) is 9.55. The Morgan fingerprint density at radius 1 is 0.879 bits per heavy atom. The number of carboxylic acids is 1. The molecule has 4 rings (SSSR count). The Hall–Kier alpha value is -3.63. The van der Waals surface area contributed by atoms with Gasteiger partial charge in [0.2, 0.25) is 5.75 Å². The number of methoxy groups -OCH3 is 4. The molecule has 0 unspecified atom stereocenters. The van der Waals surface area contributed by atoms with Gasteiger partial charge in [-0.15, -0.1) is 0 Å². The number of hydrogen-bond donors (Lipinski definition) is 1. The van der Waals surface area contributed by atoms with E-state index in [0.29, 0.717) is 34.3 Å². The maximum Gasteiger partial charge on any atom is 0.339 e. The topological polar surface area (TPSA) is 100 Å². The highest BCUT2D eigenvalue weighted by atomic mass is 32.1. The molecular formula is C23H22N2O6S2. The Labute approximate surface area is 199 Å². The van der Waals surface area contributed by atoms with Crippen molar-refractivity contribution in [3.05, 3.63) is 59.6 Å². The molecule has 0 atom stereocenters. The van der Waals surface area contributed by atoms with Crippen molar-refractivity contribution in [2.45, 2.75) is 0 Å². The van der Waals surface area contributed by atoms with Gasteiger partial charge in [-0.3, -0.25) is 0 Å². The predicted octanol–water partition coefficient (Wildman–Crippen LogP) is 5.35. The third kappa shape index (κ3) is 5.60. The smallest absolute Gasteiger partial charge is 0.339 e. The Bertz CT molecular complexity index is 1170. The number of aromatic carboxylic acids is 1. The van der Waals surface area contributed by atoms with Gasteiger partial charge in [0.15, 0.2) is 11.5 Å². The fourth-order valence-electron chi connectivity index (χ4n) is 2.98. The molecule has 2 aromatic carbocycles. The maximum absolute atomic E-state index is 11.5. The lowest BCUT2D eigenvalue weighted by atomic mass is 10.1. The SMILES string of the molecule is COc1ccc(-c2cc(-c3cc(OC)c(OC)c(OC)c3)sn2)cc1C(=O)O.c1cnsc1. The minimum Gasteiger partial charge on any atom is -0.496 e. The van der Waals surface area contributed by atoms with Crippen LogP contribution < -0.4 is 18.9 Å². The Morgan fingerprint density at radius 2 is 1.58 bits per heavy atom. The number of nitrogens with zero attached hydrogens (tertiary/aromatic N) is 2. The van der Waals surface area contributed by atoms with E-state index in [9.17, 15) is 9.90 Å². The number of rotatable bonds is 7.